The maximum Gasteiger partial charge on any atom is 0.0542 e. The van der Waals surface area contributed by atoms with E-state index in [2.05, 4.69) is 226 Å². The molecule has 3 heterocycles. The Morgan fingerprint density at radius 3 is 1.12 bits per heavy atom. The van der Waals surface area contributed by atoms with Crippen LogP contribution in [0.4, 0.5) is 0 Å². The number of rotatable bonds is 5. The number of aromatic nitrogens is 3. The van der Waals surface area contributed by atoms with Crippen LogP contribution in [0.25, 0.3) is 105 Å². The van der Waals surface area contributed by atoms with Crippen molar-refractivity contribution >= 4 is 65.4 Å². The maximum atomic E-state index is 2.44. The van der Waals surface area contributed by atoms with Gasteiger partial charge in [0.1, 0.15) is 0 Å². The summed E-state index contributed by atoms with van der Waals surface area (Å²) in [6.45, 7) is 0. The largest absolute Gasteiger partial charge is 0.309 e. The number of nitrogens with zero attached hydrogens (tertiary/aromatic N) is 3. The molecule has 0 aliphatic heterocycles. The summed E-state index contributed by atoms with van der Waals surface area (Å²) in [5.41, 5.74) is 15.5. The van der Waals surface area contributed by atoms with E-state index in [4.69, 9.17) is 0 Å². The van der Waals surface area contributed by atoms with E-state index in [0.29, 0.717) is 0 Å². The number of benzene rings is 9. The molecule has 0 saturated carbocycles. The summed E-state index contributed by atoms with van der Waals surface area (Å²) >= 11 is 0. The topological polar surface area (TPSA) is 14.8 Å². The summed E-state index contributed by atoms with van der Waals surface area (Å²) < 4.78 is 7.22. The first-order chi connectivity index (χ1) is 28.3. The molecule has 12 rings (SSSR count). The van der Waals surface area contributed by atoms with Crippen molar-refractivity contribution in [2.75, 3.05) is 0 Å². The minimum Gasteiger partial charge on any atom is -0.309 e. The highest BCUT2D eigenvalue weighted by Crippen LogP contribution is 2.40. The Balaban J connectivity index is 1.02. The Hall–Kier alpha value is -7.62. The average molecular weight is 726 g/mol. The number of hydrogen-bond donors (Lipinski definition) is 0. The van der Waals surface area contributed by atoms with Crippen LogP contribution in [0, 0.1) is 0 Å². The van der Waals surface area contributed by atoms with Gasteiger partial charge >= 0.3 is 0 Å². The van der Waals surface area contributed by atoms with Gasteiger partial charge in [-0.2, -0.15) is 0 Å². The van der Waals surface area contributed by atoms with Crippen LogP contribution in [-0.4, -0.2) is 13.7 Å². The SMILES string of the molecule is c1ccc(-c2cccc(-n3c4ccccc4c4cc(-n5c6ccccc6c6cc(-c7ccc8c(c7)c7ccccc7n8-c7ccccc7)ccc65)ccc43)c2)cc1. The zero-order valence-corrected chi connectivity index (χ0v) is 31.0. The molecule has 0 aliphatic carbocycles. The van der Waals surface area contributed by atoms with Crippen LogP contribution in [-0.2, 0) is 0 Å². The van der Waals surface area contributed by atoms with Gasteiger partial charge in [0.2, 0.25) is 0 Å². The summed E-state index contributed by atoms with van der Waals surface area (Å²) in [6, 6.07) is 77.4. The molecule has 0 radical (unpaired) electrons. The van der Waals surface area contributed by atoms with Crippen LogP contribution in [0.1, 0.15) is 0 Å². The fourth-order valence-corrected chi connectivity index (χ4v) is 9.27. The molecule has 0 fully saturated rings. The molecule has 3 nitrogen and oxygen atoms in total. The molecule has 0 unspecified atom stereocenters. The Morgan fingerprint density at radius 1 is 0.193 bits per heavy atom. The summed E-state index contributed by atoms with van der Waals surface area (Å²) in [5.74, 6) is 0. The Morgan fingerprint density at radius 2 is 0.561 bits per heavy atom. The van der Waals surface area contributed by atoms with Gasteiger partial charge in [-0.3, -0.25) is 0 Å². The molecular weight excluding hydrogens is 691 g/mol. The normalized spacial score (nSPS) is 11.9. The minimum atomic E-state index is 1.15. The first kappa shape index (κ1) is 31.7. The van der Waals surface area contributed by atoms with Gasteiger partial charge < -0.3 is 13.7 Å². The molecule has 9 aromatic carbocycles. The molecule has 0 spiro atoms. The lowest BCUT2D eigenvalue weighted by Gasteiger charge is -2.12. The predicted octanol–water partition coefficient (Wildman–Crippen LogP) is 14.3. The number of hydrogen-bond acceptors (Lipinski definition) is 0. The van der Waals surface area contributed by atoms with Gasteiger partial charge in [0.05, 0.1) is 33.1 Å². The van der Waals surface area contributed by atoms with Crippen LogP contribution < -0.4 is 0 Å². The first-order valence-electron chi connectivity index (χ1n) is 19.6. The van der Waals surface area contributed by atoms with Crippen LogP contribution >= 0.6 is 0 Å². The van der Waals surface area contributed by atoms with Crippen molar-refractivity contribution in [3.05, 3.63) is 212 Å². The van der Waals surface area contributed by atoms with Crippen molar-refractivity contribution in [1.82, 2.24) is 13.7 Å². The van der Waals surface area contributed by atoms with Gasteiger partial charge in [-0.1, -0.05) is 127 Å². The molecule has 0 N–H and O–H groups in total. The third kappa shape index (κ3) is 4.86. The van der Waals surface area contributed by atoms with Gasteiger partial charge in [0.15, 0.2) is 0 Å². The third-order valence-corrected chi connectivity index (χ3v) is 11.8. The van der Waals surface area contributed by atoms with Crippen LogP contribution in [0.5, 0.6) is 0 Å². The highest BCUT2D eigenvalue weighted by Gasteiger charge is 2.18. The zero-order valence-electron chi connectivity index (χ0n) is 31.0. The predicted molar refractivity (Wildman–Crippen MR) is 240 cm³/mol. The molecule has 12 aromatic rings. The van der Waals surface area contributed by atoms with Gasteiger partial charge in [-0.15, -0.1) is 0 Å². The molecule has 3 heteroatoms. The number of fused-ring (bicyclic) bond motifs is 9. The van der Waals surface area contributed by atoms with E-state index in [1.807, 2.05) is 0 Å². The van der Waals surface area contributed by atoms with E-state index in [1.54, 1.807) is 0 Å². The second-order valence-electron chi connectivity index (χ2n) is 15.0. The van der Waals surface area contributed by atoms with Crippen molar-refractivity contribution < 1.29 is 0 Å². The second-order valence-corrected chi connectivity index (χ2v) is 15.0. The van der Waals surface area contributed by atoms with Crippen molar-refractivity contribution in [1.29, 1.82) is 0 Å². The molecule has 0 bridgehead atoms. The Bertz CT molecular complexity index is 3510. The van der Waals surface area contributed by atoms with Crippen molar-refractivity contribution in [3.8, 4) is 39.3 Å². The second kappa shape index (κ2) is 12.5. The molecule has 0 atom stereocenters. The highest BCUT2D eigenvalue weighted by atomic mass is 15.0. The highest BCUT2D eigenvalue weighted by molar-refractivity contribution is 6.14. The molecule has 266 valence electrons. The molecule has 0 saturated heterocycles. The summed E-state index contributed by atoms with van der Waals surface area (Å²) in [6.07, 6.45) is 0. The standard InChI is InChI=1S/C54H35N3/c1-3-14-36(15-4-1)37-16-13-19-41(32-37)56-51-25-12-9-22-45(51)48-35-42(28-31-54(48)56)57-50-24-11-8-21-44(50)47-34-39(27-30-53(47)57)38-26-29-52-46(33-38)43-20-7-10-23-49(43)55(52)40-17-5-2-6-18-40/h1-35H. The van der Waals surface area contributed by atoms with Crippen molar-refractivity contribution in [2.45, 2.75) is 0 Å². The van der Waals surface area contributed by atoms with Crippen molar-refractivity contribution in [3.63, 3.8) is 0 Å². The third-order valence-electron chi connectivity index (χ3n) is 11.8. The van der Waals surface area contributed by atoms with Crippen molar-refractivity contribution in [2.24, 2.45) is 0 Å². The minimum absolute atomic E-state index is 1.15. The van der Waals surface area contributed by atoms with Crippen LogP contribution in [0.2, 0.25) is 0 Å². The Kier molecular flexibility index (Phi) is 6.93. The average Bonchev–Trinajstić information content (AvgIpc) is 3.92. The summed E-state index contributed by atoms with van der Waals surface area (Å²) in [4.78, 5) is 0. The van der Waals surface area contributed by atoms with E-state index in [-0.39, 0.29) is 0 Å². The van der Waals surface area contributed by atoms with E-state index in [1.165, 1.54) is 93.4 Å². The van der Waals surface area contributed by atoms with E-state index in [0.717, 1.165) is 11.4 Å². The van der Waals surface area contributed by atoms with E-state index in [9.17, 15) is 0 Å². The zero-order chi connectivity index (χ0) is 37.5. The summed E-state index contributed by atoms with van der Waals surface area (Å²) in [5, 5.41) is 7.49. The van der Waals surface area contributed by atoms with Crippen LogP contribution in [0.3, 0.4) is 0 Å². The lowest BCUT2D eigenvalue weighted by Crippen LogP contribution is -1.96. The maximum absolute atomic E-state index is 2.44. The van der Waals surface area contributed by atoms with E-state index >= 15 is 0 Å². The molecule has 57 heavy (non-hydrogen) atoms. The quantitative estimate of drug-likeness (QED) is 0.168. The van der Waals surface area contributed by atoms with Gasteiger partial charge in [0, 0.05) is 49.4 Å². The monoisotopic (exact) mass is 725 g/mol. The van der Waals surface area contributed by atoms with E-state index < -0.39 is 0 Å². The van der Waals surface area contributed by atoms with Crippen LogP contribution in [0.15, 0.2) is 212 Å². The Labute approximate surface area is 329 Å². The lowest BCUT2D eigenvalue weighted by atomic mass is 10.0. The smallest absolute Gasteiger partial charge is 0.0542 e. The number of para-hydroxylation sites is 4. The lowest BCUT2D eigenvalue weighted by molar-refractivity contribution is 1.17. The molecule has 3 aromatic heterocycles. The molecular formula is C54H35N3. The fourth-order valence-electron chi connectivity index (χ4n) is 9.27. The fraction of sp³-hybridized carbons (Fsp3) is 0. The molecule has 0 aliphatic rings. The van der Waals surface area contributed by atoms with Gasteiger partial charge in [-0.25, -0.2) is 0 Å². The summed E-state index contributed by atoms with van der Waals surface area (Å²) in [7, 11) is 0. The van der Waals surface area contributed by atoms with Gasteiger partial charge in [-0.05, 0) is 107 Å². The van der Waals surface area contributed by atoms with Gasteiger partial charge in [0.25, 0.3) is 0 Å². The molecule has 0 amide bonds. The first-order valence-corrected chi connectivity index (χ1v) is 19.6.